The Bertz CT molecular complexity index is 401. The van der Waals surface area contributed by atoms with Crippen LogP contribution >= 0.6 is 0 Å². The molecular weight excluding hydrogens is 360 g/mol. The van der Waals surface area contributed by atoms with E-state index in [-0.39, 0.29) is 5.60 Å². The smallest absolute Gasteiger partial charge is 0.104 e. The topological polar surface area (TPSA) is 31.0 Å². The molecule has 0 aromatic heterocycles. The molecule has 0 N–H and O–H groups in total. The summed E-state index contributed by atoms with van der Waals surface area (Å²) in [5, 5.41) is 0. The van der Waals surface area contributed by atoms with Crippen molar-refractivity contribution in [3.05, 3.63) is 12.8 Å². The Morgan fingerprint density at radius 3 is 2.14 bits per heavy atom. The Labute approximate surface area is 181 Å². The van der Waals surface area contributed by atoms with Gasteiger partial charge in [-0.1, -0.05) is 90.6 Å². The largest absolute Gasteiger partial charge is 0.502 e. The van der Waals surface area contributed by atoms with Gasteiger partial charge in [0.05, 0.1) is 31.7 Å². The molecule has 1 aliphatic carbocycles. The molecule has 170 valence electrons. The van der Waals surface area contributed by atoms with Gasteiger partial charge in [-0.15, -0.1) is 0 Å². The zero-order valence-electron chi connectivity index (χ0n) is 19.3. The van der Waals surface area contributed by atoms with Gasteiger partial charge in [0.15, 0.2) is 0 Å². The van der Waals surface area contributed by atoms with Gasteiger partial charge in [0.2, 0.25) is 0 Å². The van der Waals surface area contributed by atoms with E-state index in [1.54, 1.807) is 6.26 Å². The van der Waals surface area contributed by atoms with E-state index in [9.17, 15) is 0 Å². The predicted molar refractivity (Wildman–Crippen MR) is 122 cm³/mol. The third-order valence-electron chi connectivity index (χ3n) is 6.99. The quantitative estimate of drug-likeness (QED) is 0.125. The van der Waals surface area contributed by atoms with Crippen LogP contribution in [0.4, 0.5) is 0 Å². The molecule has 3 heteroatoms. The van der Waals surface area contributed by atoms with Crippen molar-refractivity contribution in [1.29, 1.82) is 0 Å². The summed E-state index contributed by atoms with van der Waals surface area (Å²) >= 11 is 0. The molecular formula is C26H48O3. The lowest BCUT2D eigenvalue weighted by molar-refractivity contribution is -0.114. The normalized spacial score (nSPS) is 21.6. The van der Waals surface area contributed by atoms with Crippen molar-refractivity contribution in [2.45, 2.75) is 128 Å². The van der Waals surface area contributed by atoms with Crippen LogP contribution < -0.4 is 0 Å². The molecule has 1 aliphatic heterocycles. The fourth-order valence-corrected chi connectivity index (χ4v) is 5.10. The molecule has 2 unspecified atom stereocenters. The number of rotatable bonds is 19. The van der Waals surface area contributed by atoms with E-state index in [1.807, 2.05) is 0 Å². The van der Waals surface area contributed by atoms with Gasteiger partial charge < -0.3 is 14.2 Å². The van der Waals surface area contributed by atoms with E-state index >= 15 is 0 Å². The van der Waals surface area contributed by atoms with Gasteiger partial charge in [-0.05, 0) is 38.0 Å². The third kappa shape index (κ3) is 10.4. The SMILES string of the molecule is C=COCCCCCCCCC(CCCCCC)(OCC1CO1)C1CCCCC1. The van der Waals surface area contributed by atoms with E-state index in [4.69, 9.17) is 14.2 Å². The maximum Gasteiger partial charge on any atom is 0.104 e. The minimum Gasteiger partial charge on any atom is -0.502 e. The van der Waals surface area contributed by atoms with Gasteiger partial charge in [0, 0.05) is 0 Å². The molecule has 1 heterocycles. The summed E-state index contributed by atoms with van der Waals surface area (Å²) in [5.74, 6) is 0.771. The molecule has 0 bridgehead atoms. The highest BCUT2D eigenvalue weighted by atomic mass is 16.6. The van der Waals surface area contributed by atoms with Crippen molar-refractivity contribution >= 4 is 0 Å². The number of ether oxygens (including phenoxy) is 3. The maximum atomic E-state index is 6.79. The first kappa shape index (κ1) is 24.7. The van der Waals surface area contributed by atoms with Gasteiger partial charge in [0.25, 0.3) is 0 Å². The minimum absolute atomic E-state index is 0.123. The average molecular weight is 409 g/mol. The zero-order chi connectivity index (χ0) is 20.6. The second kappa shape index (κ2) is 15.3. The van der Waals surface area contributed by atoms with E-state index in [0.29, 0.717) is 6.10 Å². The highest BCUT2D eigenvalue weighted by Gasteiger charge is 2.40. The molecule has 0 aromatic rings. The summed E-state index contributed by atoms with van der Waals surface area (Å²) in [6.07, 6.45) is 24.6. The second-order valence-electron chi connectivity index (χ2n) is 9.39. The van der Waals surface area contributed by atoms with Crippen LogP contribution in [0.5, 0.6) is 0 Å². The Balaban J connectivity index is 1.80. The number of unbranched alkanes of at least 4 members (excludes halogenated alkanes) is 8. The predicted octanol–water partition coefficient (Wildman–Crippen LogP) is 7.58. The third-order valence-corrected chi connectivity index (χ3v) is 6.99. The lowest BCUT2D eigenvalue weighted by atomic mass is 9.71. The van der Waals surface area contributed by atoms with Gasteiger partial charge in [-0.3, -0.25) is 0 Å². The molecule has 0 amide bonds. The van der Waals surface area contributed by atoms with Crippen LogP contribution in [0.1, 0.15) is 116 Å². The maximum absolute atomic E-state index is 6.79. The summed E-state index contributed by atoms with van der Waals surface area (Å²) in [6.45, 7) is 8.46. The molecule has 3 nitrogen and oxygen atoms in total. The number of hydrogen-bond donors (Lipinski definition) is 0. The second-order valence-corrected chi connectivity index (χ2v) is 9.39. The van der Waals surface area contributed by atoms with Crippen molar-refractivity contribution in [2.24, 2.45) is 5.92 Å². The van der Waals surface area contributed by atoms with Crippen molar-refractivity contribution in [3.63, 3.8) is 0 Å². The van der Waals surface area contributed by atoms with Crippen LogP contribution in [0.2, 0.25) is 0 Å². The van der Waals surface area contributed by atoms with Gasteiger partial charge in [0.1, 0.15) is 6.10 Å². The van der Waals surface area contributed by atoms with E-state index in [0.717, 1.165) is 32.2 Å². The van der Waals surface area contributed by atoms with E-state index in [2.05, 4.69) is 13.5 Å². The highest BCUT2D eigenvalue weighted by molar-refractivity contribution is 4.91. The molecule has 29 heavy (non-hydrogen) atoms. The lowest BCUT2D eigenvalue weighted by Crippen LogP contribution is -2.43. The Morgan fingerprint density at radius 1 is 0.897 bits per heavy atom. The van der Waals surface area contributed by atoms with Crippen LogP contribution in [-0.2, 0) is 14.2 Å². The zero-order valence-corrected chi connectivity index (χ0v) is 19.3. The van der Waals surface area contributed by atoms with Crippen molar-refractivity contribution in [3.8, 4) is 0 Å². The molecule has 1 saturated carbocycles. The average Bonchev–Trinajstić information content (AvgIpc) is 3.58. The fraction of sp³-hybridized carbons (Fsp3) is 0.923. The van der Waals surface area contributed by atoms with Gasteiger partial charge in [-0.25, -0.2) is 0 Å². The molecule has 0 radical (unpaired) electrons. The summed E-state index contributed by atoms with van der Waals surface area (Å²) in [4.78, 5) is 0. The van der Waals surface area contributed by atoms with Crippen LogP contribution in [0, 0.1) is 5.92 Å². The van der Waals surface area contributed by atoms with E-state index < -0.39 is 0 Å². The molecule has 2 atom stereocenters. The van der Waals surface area contributed by atoms with Crippen molar-refractivity contribution in [2.75, 3.05) is 19.8 Å². The van der Waals surface area contributed by atoms with E-state index in [1.165, 1.54) is 103 Å². The van der Waals surface area contributed by atoms with Crippen molar-refractivity contribution < 1.29 is 14.2 Å². The first-order chi connectivity index (χ1) is 14.3. The minimum atomic E-state index is 0.123. The molecule has 2 rings (SSSR count). The molecule has 0 aromatic carbocycles. The molecule has 1 saturated heterocycles. The Hall–Kier alpha value is -0.540. The lowest BCUT2D eigenvalue weighted by Gasteiger charge is -2.43. The first-order valence-corrected chi connectivity index (χ1v) is 12.8. The summed E-state index contributed by atoms with van der Waals surface area (Å²) in [6, 6.07) is 0. The molecule has 2 aliphatic rings. The monoisotopic (exact) mass is 408 g/mol. The molecule has 0 spiro atoms. The highest BCUT2D eigenvalue weighted by Crippen LogP contribution is 2.42. The van der Waals surface area contributed by atoms with Crippen LogP contribution in [-0.4, -0.2) is 31.5 Å². The summed E-state index contributed by atoms with van der Waals surface area (Å²) in [5.41, 5.74) is 0.123. The van der Waals surface area contributed by atoms with Gasteiger partial charge in [-0.2, -0.15) is 0 Å². The van der Waals surface area contributed by atoms with Crippen LogP contribution in [0.3, 0.4) is 0 Å². The van der Waals surface area contributed by atoms with Gasteiger partial charge >= 0.3 is 0 Å². The fourth-order valence-electron chi connectivity index (χ4n) is 5.10. The number of epoxide rings is 1. The summed E-state index contributed by atoms with van der Waals surface area (Å²) < 4.78 is 17.5. The van der Waals surface area contributed by atoms with Crippen LogP contribution in [0.25, 0.3) is 0 Å². The summed E-state index contributed by atoms with van der Waals surface area (Å²) in [7, 11) is 0. The standard InChI is InChI=1S/C26H48O3/c1-3-5-6-14-19-26(29-23-25-22-28-25,24-17-12-11-13-18-24)20-15-9-7-8-10-16-21-27-4-2/h4,24-25H,2-3,5-23H2,1H3. The Morgan fingerprint density at radius 2 is 1.52 bits per heavy atom. The van der Waals surface area contributed by atoms with Crippen LogP contribution in [0.15, 0.2) is 12.8 Å². The Kier molecular flexibility index (Phi) is 13.0. The number of hydrogen-bond acceptors (Lipinski definition) is 3. The molecule has 2 fully saturated rings. The first-order valence-electron chi connectivity index (χ1n) is 12.8. The van der Waals surface area contributed by atoms with Crippen molar-refractivity contribution in [1.82, 2.24) is 0 Å².